The van der Waals surface area contributed by atoms with Crippen molar-refractivity contribution >= 4 is 12.2 Å². The molecule has 0 aliphatic rings. The number of hydrogen-bond donors (Lipinski definition) is 0. The zero-order chi connectivity index (χ0) is 21.8. The molecular weight excluding hydrogens is 366 g/mol. The fraction of sp³-hybridized carbons (Fsp3) is 0.417. The predicted octanol–water partition coefficient (Wildman–Crippen LogP) is 6.59. The second-order valence-corrected chi connectivity index (χ2v) is 8.99. The molecule has 0 fully saturated rings. The maximum absolute atomic E-state index is 12.8. The Bertz CT molecular complexity index is 802. The lowest BCUT2D eigenvalue weighted by molar-refractivity contribution is -0.00608. The van der Waals surface area contributed by atoms with Gasteiger partial charge in [0.25, 0.3) is 0 Å². The molecule has 5 heteroatoms. The summed E-state index contributed by atoms with van der Waals surface area (Å²) in [5.74, 6) is 0. The van der Waals surface area contributed by atoms with E-state index in [0.717, 1.165) is 21.6 Å². The van der Waals surface area contributed by atoms with Crippen LogP contribution in [0.15, 0.2) is 54.6 Å². The van der Waals surface area contributed by atoms with Crippen molar-refractivity contribution in [2.75, 3.05) is 0 Å². The predicted molar refractivity (Wildman–Crippen MR) is 115 cm³/mol. The standard InChI is InChI=1S/C24H31NO4/c1-17(18-13-15-20(16-14-18)19-11-9-8-10-12-19)25(21(26)28-23(2,3)4)22(27)29-24(5,6)7/h8-17H,1-7H3. The number of benzene rings is 2. The van der Waals surface area contributed by atoms with Crippen LogP contribution in [0.2, 0.25) is 0 Å². The van der Waals surface area contributed by atoms with Crippen molar-refractivity contribution in [3.8, 4) is 11.1 Å². The van der Waals surface area contributed by atoms with Gasteiger partial charge in [0.05, 0.1) is 6.04 Å². The van der Waals surface area contributed by atoms with Crippen molar-refractivity contribution in [3.63, 3.8) is 0 Å². The Morgan fingerprint density at radius 1 is 0.724 bits per heavy atom. The van der Waals surface area contributed by atoms with E-state index in [1.54, 1.807) is 48.5 Å². The van der Waals surface area contributed by atoms with Gasteiger partial charge in [-0.3, -0.25) is 0 Å². The maximum atomic E-state index is 12.8. The molecule has 2 rings (SSSR count). The van der Waals surface area contributed by atoms with Crippen LogP contribution < -0.4 is 0 Å². The highest BCUT2D eigenvalue weighted by atomic mass is 16.6. The fourth-order valence-electron chi connectivity index (χ4n) is 2.75. The molecule has 156 valence electrons. The molecule has 0 saturated carbocycles. The van der Waals surface area contributed by atoms with Gasteiger partial charge in [-0.15, -0.1) is 0 Å². The molecule has 0 heterocycles. The normalized spacial score (nSPS) is 12.8. The number of imide groups is 1. The van der Waals surface area contributed by atoms with Gasteiger partial charge in [-0.1, -0.05) is 54.6 Å². The minimum absolute atomic E-state index is 0.551. The highest BCUT2D eigenvalue weighted by molar-refractivity contribution is 5.88. The summed E-state index contributed by atoms with van der Waals surface area (Å²) in [5, 5.41) is 0. The molecule has 2 aromatic carbocycles. The van der Waals surface area contributed by atoms with Gasteiger partial charge < -0.3 is 9.47 Å². The van der Waals surface area contributed by atoms with E-state index in [4.69, 9.17) is 9.47 Å². The summed E-state index contributed by atoms with van der Waals surface area (Å²) < 4.78 is 10.9. The summed E-state index contributed by atoms with van der Waals surface area (Å²) in [6.45, 7) is 12.4. The molecule has 1 atom stereocenters. The van der Waals surface area contributed by atoms with E-state index in [1.165, 1.54) is 0 Å². The van der Waals surface area contributed by atoms with Crippen LogP contribution in [-0.2, 0) is 9.47 Å². The van der Waals surface area contributed by atoms with Gasteiger partial charge in [-0.2, -0.15) is 0 Å². The molecule has 0 N–H and O–H groups in total. The van der Waals surface area contributed by atoms with Crippen molar-refractivity contribution in [1.82, 2.24) is 4.90 Å². The zero-order valence-corrected chi connectivity index (χ0v) is 18.4. The molecule has 0 aromatic heterocycles. The number of ether oxygens (including phenoxy) is 2. The van der Waals surface area contributed by atoms with Gasteiger partial charge in [0, 0.05) is 0 Å². The Kier molecular flexibility index (Phi) is 6.73. The summed E-state index contributed by atoms with van der Waals surface area (Å²) >= 11 is 0. The number of carbonyl (C=O) groups is 2. The third-order valence-electron chi connectivity index (χ3n) is 4.07. The summed E-state index contributed by atoms with van der Waals surface area (Å²) in [5.41, 5.74) is 1.51. The Labute approximate surface area is 173 Å². The van der Waals surface area contributed by atoms with E-state index in [2.05, 4.69) is 0 Å². The van der Waals surface area contributed by atoms with Gasteiger partial charge in [-0.05, 0) is 65.2 Å². The summed E-state index contributed by atoms with van der Waals surface area (Å²) in [7, 11) is 0. The summed E-state index contributed by atoms with van der Waals surface area (Å²) in [6.07, 6.45) is -1.46. The first-order valence-electron chi connectivity index (χ1n) is 9.78. The van der Waals surface area contributed by atoms with Gasteiger partial charge in [0.15, 0.2) is 0 Å². The topological polar surface area (TPSA) is 55.8 Å². The Hall–Kier alpha value is -2.82. The summed E-state index contributed by atoms with van der Waals surface area (Å²) in [4.78, 5) is 26.6. The quantitative estimate of drug-likeness (QED) is 0.586. The van der Waals surface area contributed by atoms with Crippen LogP contribution in [0.4, 0.5) is 9.59 Å². The van der Waals surface area contributed by atoms with Gasteiger partial charge in [0.1, 0.15) is 11.2 Å². The van der Waals surface area contributed by atoms with Crippen molar-refractivity contribution < 1.29 is 19.1 Å². The minimum atomic E-state index is -0.730. The minimum Gasteiger partial charge on any atom is -0.443 e. The molecule has 0 spiro atoms. The largest absolute Gasteiger partial charge is 0.443 e. The lowest BCUT2D eigenvalue weighted by atomic mass is 10.0. The van der Waals surface area contributed by atoms with Crippen LogP contribution in [-0.4, -0.2) is 28.3 Å². The number of carbonyl (C=O) groups excluding carboxylic acids is 2. The van der Waals surface area contributed by atoms with E-state index >= 15 is 0 Å². The number of nitrogens with zero attached hydrogens (tertiary/aromatic N) is 1. The monoisotopic (exact) mass is 397 g/mol. The van der Waals surface area contributed by atoms with Crippen molar-refractivity contribution in [2.24, 2.45) is 0 Å². The number of amides is 2. The summed E-state index contributed by atoms with van der Waals surface area (Å²) in [6, 6.07) is 17.2. The van der Waals surface area contributed by atoms with Crippen molar-refractivity contribution in [3.05, 3.63) is 60.2 Å². The first-order valence-corrected chi connectivity index (χ1v) is 9.78. The zero-order valence-electron chi connectivity index (χ0n) is 18.4. The first-order chi connectivity index (χ1) is 13.4. The van der Waals surface area contributed by atoms with E-state index in [1.807, 2.05) is 54.6 Å². The molecule has 0 bridgehead atoms. The number of rotatable bonds is 3. The Morgan fingerprint density at radius 2 is 1.14 bits per heavy atom. The highest BCUT2D eigenvalue weighted by Gasteiger charge is 2.35. The fourth-order valence-corrected chi connectivity index (χ4v) is 2.75. The Morgan fingerprint density at radius 3 is 1.55 bits per heavy atom. The third kappa shape index (κ3) is 6.63. The van der Waals surface area contributed by atoms with Crippen molar-refractivity contribution in [1.29, 1.82) is 0 Å². The third-order valence-corrected chi connectivity index (χ3v) is 4.07. The smallest absolute Gasteiger partial charge is 0.420 e. The van der Waals surface area contributed by atoms with Gasteiger partial charge in [0.2, 0.25) is 0 Å². The number of hydrogen-bond acceptors (Lipinski definition) is 4. The molecule has 0 saturated heterocycles. The van der Waals surface area contributed by atoms with Crippen LogP contribution in [0, 0.1) is 0 Å². The van der Waals surface area contributed by atoms with Crippen LogP contribution >= 0.6 is 0 Å². The van der Waals surface area contributed by atoms with Crippen molar-refractivity contribution in [2.45, 2.75) is 65.7 Å². The lowest BCUT2D eigenvalue weighted by Crippen LogP contribution is -2.44. The van der Waals surface area contributed by atoms with Gasteiger partial charge >= 0.3 is 12.2 Å². The SMILES string of the molecule is CC(c1ccc(-c2ccccc2)cc1)N(C(=O)OC(C)(C)C)C(=O)OC(C)(C)C. The first kappa shape index (κ1) is 22.5. The molecule has 2 aromatic rings. The lowest BCUT2D eigenvalue weighted by Gasteiger charge is -2.32. The average Bonchev–Trinajstić information content (AvgIpc) is 2.59. The molecule has 2 amide bonds. The van der Waals surface area contributed by atoms with Crippen LogP contribution in [0.3, 0.4) is 0 Å². The van der Waals surface area contributed by atoms with Gasteiger partial charge in [-0.25, -0.2) is 14.5 Å². The van der Waals surface area contributed by atoms with E-state index < -0.39 is 29.4 Å². The molecule has 0 aliphatic carbocycles. The second kappa shape index (κ2) is 8.68. The molecule has 29 heavy (non-hydrogen) atoms. The van der Waals surface area contributed by atoms with E-state index in [0.29, 0.717) is 0 Å². The van der Waals surface area contributed by atoms with E-state index in [-0.39, 0.29) is 0 Å². The van der Waals surface area contributed by atoms with Crippen LogP contribution in [0.5, 0.6) is 0 Å². The highest BCUT2D eigenvalue weighted by Crippen LogP contribution is 2.27. The van der Waals surface area contributed by atoms with E-state index in [9.17, 15) is 9.59 Å². The molecular formula is C24H31NO4. The maximum Gasteiger partial charge on any atom is 0.420 e. The van der Waals surface area contributed by atoms with Crippen LogP contribution in [0.25, 0.3) is 11.1 Å². The molecule has 5 nitrogen and oxygen atoms in total. The molecule has 0 radical (unpaired) electrons. The average molecular weight is 398 g/mol. The molecule has 1 unspecified atom stereocenters. The molecule has 0 aliphatic heterocycles. The van der Waals surface area contributed by atoms with Crippen LogP contribution in [0.1, 0.15) is 60.1 Å². The Balaban J connectivity index is 2.31. The second-order valence-electron chi connectivity index (χ2n) is 8.99.